The van der Waals surface area contributed by atoms with Crippen LogP contribution in [-0.4, -0.2) is 31.7 Å². The van der Waals surface area contributed by atoms with E-state index in [2.05, 4.69) is 0 Å². The van der Waals surface area contributed by atoms with Gasteiger partial charge in [0.15, 0.2) is 0 Å². The predicted molar refractivity (Wildman–Crippen MR) is 69.2 cm³/mol. The van der Waals surface area contributed by atoms with Gasteiger partial charge in [0.25, 0.3) is 0 Å². The molecule has 0 saturated heterocycles. The molecule has 0 atom stereocenters. The number of hydrogen-bond acceptors (Lipinski definition) is 5. The molecule has 0 aliphatic carbocycles. The minimum Gasteiger partial charge on any atom is -0.398 e. The molecule has 0 bridgehead atoms. The minimum atomic E-state index is -3.90. The van der Waals surface area contributed by atoms with E-state index >= 15 is 0 Å². The normalized spacial score (nSPS) is 11.2. The quantitative estimate of drug-likeness (QED) is 0.712. The Kier molecular flexibility index (Phi) is 4.47. The molecule has 0 radical (unpaired) electrons. The van der Waals surface area contributed by atoms with Gasteiger partial charge in [0.05, 0.1) is 23.9 Å². The van der Waals surface area contributed by atoms with Crippen LogP contribution in [0.25, 0.3) is 0 Å². The number of likely N-dealkylation sites (N-methyl/N-ethyl adjacent to an activating group) is 1. The third-order valence-electron chi connectivity index (χ3n) is 2.44. The Balaban J connectivity index is 3.26. The first-order valence-electron chi connectivity index (χ1n) is 5.41. The van der Waals surface area contributed by atoms with E-state index in [4.69, 9.17) is 16.7 Å². The van der Waals surface area contributed by atoms with Crippen LogP contribution < -0.4 is 11.5 Å². The van der Waals surface area contributed by atoms with Crippen LogP contribution in [0.5, 0.6) is 0 Å². The molecule has 19 heavy (non-hydrogen) atoms. The van der Waals surface area contributed by atoms with E-state index in [9.17, 15) is 13.2 Å². The molecule has 7 nitrogen and oxygen atoms in total. The Labute approximate surface area is 111 Å². The van der Waals surface area contributed by atoms with Gasteiger partial charge in [-0.15, -0.1) is 0 Å². The summed E-state index contributed by atoms with van der Waals surface area (Å²) in [7, 11) is -3.90. The number of carbonyl (C=O) groups excluding carboxylic acids is 1. The maximum absolute atomic E-state index is 12.3. The van der Waals surface area contributed by atoms with Crippen LogP contribution in [0.1, 0.15) is 12.5 Å². The van der Waals surface area contributed by atoms with E-state index in [0.717, 1.165) is 4.31 Å². The lowest BCUT2D eigenvalue weighted by molar-refractivity contribution is -0.118. The van der Waals surface area contributed by atoms with Crippen LogP contribution in [0.4, 0.5) is 5.69 Å². The first-order chi connectivity index (χ1) is 8.82. The van der Waals surface area contributed by atoms with Gasteiger partial charge in [-0.05, 0) is 18.2 Å². The number of rotatable bonds is 5. The Morgan fingerprint density at radius 3 is 2.53 bits per heavy atom. The number of benzene rings is 1. The van der Waals surface area contributed by atoms with Gasteiger partial charge in [0.2, 0.25) is 15.9 Å². The lowest BCUT2D eigenvalue weighted by atomic mass is 10.2. The predicted octanol–water partition coefficient (Wildman–Crippen LogP) is -0.364. The van der Waals surface area contributed by atoms with E-state index in [0.29, 0.717) is 0 Å². The zero-order valence-corrected chi connectivity index (χ0v) is 11.1. The number of hydrogen-bond donors (Lipinski definition) is 2. The fourth-order valence-electron chi connectivity index (χ4n) is 1.53. The zero-order chi connectivity index (χ0) is 14.6. The third kappa shape index (κ3) is 3.21. The van der Waals surface area contributed by atoms with Crippen molar-refractivity contribution in [3.8, 4) is 6.07 Å². The van der Waals surface area contributed by atoms with Gasteiger partial charge in [-0.2, -0.15) is 9.57 Å². The molecule has 0 fully saturated rings. The minimum absolute atomic E-state index is 0.0398. The molecule has 8 heteroatoms. The van der Waals surface area contributed by atoms with Gasteiger partial charge in [0.1, 0.15) is 4.90 Å². The Hall–Kier alpha value is -2.11. The second-order valence-corrected chi connectivity index (χ2v) is 5.67. The number of nitrogen functional groups attached to an aromatic ring is 1. The molecule has 0 aliphatic rings. The molecule has 0 aromatic heterocycles. The summed E-state index contributed by atoms with van der Waals surface area (Å²) in [5.74, 6) is -0.752. The standard InChI is InChI=1S/C11H14N4O3S/c1-2-15(7-11(14)16)19(17,18)10-4-3-8(6-12)5-9(10)13/h3-5H,2,7,13H2,1H3,(H2,14,16). The second-order valence-electron chi connectivity index (χ2n) is 3.76. The van der Waals surface area contributed by atoms with Crippen molar-refractivity contribution in [1.29, 1.82) is 5.26 Å². The summed E-state index contributed by atoms with van der Waals surface area (Å²) in [5.41, 5.74) is 10.9. The number of anilines is 1. The Morgan fingerprint density at radius 2 is 2.11 bits per heavy atom. The SMILES string of the molecule is CCN(CC(N)=O)S(=O)(=O)c1ccc(C#N)cc1N. The summed E-state index contributed by atoms with van der Waals surface area (Å²) in [5, 5.41) is 8.70. The van der Waals surface area contributed by atoms with Crippen molar-refractivity contribution >= 4 is 21.6 Å². The number of nitrogens with zero attached hydrogens (tertiary/aromatic N) is 2. The molecule has 1 rings (SSSR count). The van der Waals surface area contributed by atoms with Crippen LogP contribution in [0.2, 0.25) is 0 Å². The first kappa shape index (κ1) is 14.9. The number of nitriles is 1. The van der Waals surface area contributed by atoms with E-state index < -0.39 is 22.5 Å². The largest absolute Gasteiger partial charge is 0.398 e. The van der Waals surface area contributed by atoms with Gasteiger partial charge in [-0.1, -0.05) is 6.92 Å². The van der Waals surface area contributed by atoms with E-state index in [1.165, 1.54) is 18.2 Å². The second kappa shape index (κ2) is 5.69. The summed E-state index contributed by atoms with van der Waals surface area (Å²) < 4.78 is 25.5. The zero-order valence-electron chi connectivity index (χ0n) is 10.3. The van der Waals surface area contributed by atoms with Crippen molar-refractivity contribution in [2.24, 2.45) is 5.73 Å². The average Bonchev–Trinajstić information content (AvgIpc) is 2.34. The van der Waals surface area contributed by atoms with Gasteiger partial charge >= 0.3 is 0 Å². The molecule has 0 spiro atoms. The molecule has 102 valence electrons. The van der Waals surface area contributed by atoms with Crippen LogP contribution >= 0.6 is 0 Å². The van der Waals surface area contributed by atoms with E-state index in [1.807, 2.05) is 6.07 Å². The highest BCUT2D eigenvalue weighted by molar-refractivity contribution is 7.89. The smallest absolute Gasteiger partial charge is 0.245 e. The van der Waals surface area contributed by atoms with Gasteiger partial charge in [-0.25, -0.2) is 8.42 Å². The molecule has 0 saturated carbocycles. The number of sulfonamides is 1. The lowest BCUT2D eigenvalue weighted by Gasteiger charge is -2.19. The molecule has 4 N–H and O–H groups in total. The lowest BCUT2D eigenvalue weighted by Crippen LogP contribution is -2.38. The van der Waals surface area contributed by atoms with E-state index in [1.54, 1.807) is 6.92 Å². The van der Waals surface area contributed by atoms with Crippen molar-refractivity contribution in [2.75, 3.05) is 18.8 Å². The van der Waals surface area contributed by atoms with Crippen LogP contribution in [0.15, 0.2) is 23.1 Å². The first-order valence-corrected chi connectivity index (χ1v) is 6.85. The molecule has 1 amide bonds. The topological polar surface area (TPSA) is 130 Å². The third-order valence-corrected chi connectivity index (χ3v) is 4.44. The van der Waals surface area contributed by atoms with Crippen molar-refractivity contribution < 1.29 is 13.2 Å². The highest BCUT2D eigenvalue weighted by Gasteiger charge is 2.26. The molecule has 1 aromatic rings. The molecule has 0 unspecified atom stereocenters. The summed E-state index contributed by atoms with van der Waals surface area (Å²) in [4.78, 5) is 10.7. The molecule has 0 aliphatic heterocycles. The fourth-order valence-corrected chi connectivity index (χ4v) is 3.04. The monoisotopic (exact) mass is 282 g/mol. The van der Waals surface area contributed by atoms with Gasteiger partial charge in [-0.3, -0.25) is 4.79 Å². The summed E-state index contributed by atoms with van der Waals surface area (Å²) in [6, 6.07) is 5.72. The van der Waals surface area contributed by atoms with Gasteiger partial charge < -0.3 is 11.5 Å². The summed E-state index contributed by atoms with van der Waals surface area (Å²) >= 11 is 0. The van der Waals surface area contributed by atoms with Crippen LogP contribution in [0, 0.1) is 11.3 Å². The van der Waals surface area contributed by atoms with Crippen molar-refractivity contribution in [2.45, 2.75) is 11.8 Å². The van der Waals surface area contributed by atoms with Gasteiger partial charge in [0, 0.05) is 6.54 Å². The fraction of sp³-hybridized carbons (Fsp3) is 0.273. The summed E-state index contributed by atoms with van der Waals surface area (Å²) in [6.45, 7) is 1.25. The highest BCUT2D eigenvalue weighted by atomic mass is 32.2. The number of nitrogens with two attached hydrogens (primary N) is 2. The Morgan fingerprint density at radius 1 is 1.47 bits per heavy atom. The number of carbonyl (C=O) groups is 1. The number of amides is 1. The average molecular weight is 282 g/mol. The molecule has 0 heterocycles. The van der Waals surface area contributed by atoms with Crippen LogP contribution in [-0.2, 0) is 14.8 Å². The van der Waals surface area contributed by atoms with Crippen molar-refractivity contribution in [3.05, 3.63) is 23.8 Å². The molecular formula is C11H14N4O3S. The highest BCUT2D eigenvalue weighted by Crippen LogP contribution is 2.23. The molecular weight excluding hydrogens is 268 g/mol. The van der Waals surface area contributed by atoms with E-state index in [-0.39, 0.29) is 22.7 Å². The maximum atomic E-state index is 12.3. The Bertz CT molecular complexity index is 634. The van der Waals surface area contributed by atoms with Crippen LogP contribution in [0.3, 0.4) is 0 Å². The van der Waals surface area contributed by atoms with Crippen molar-refractivity contribution in [1.82, 2.24) is 4.31 Å². The number of primary amides is 1. The molecule has 1 aromatic carbocycles. The maximum Gasteiger partial charge on any atom is 0.245 e. The van der Waals surface area contributed by atoms with Crippen molar-refractivity contribution in [3.63, 3.8) is 0 Å². The summed E-state index contributed by atoms with van der Waals surface area (Å²) in [6.07, 6.45) is 0.